The van der Waals surface area contributed by atoms with Gasteiger partial charge in [0.1, 0.15) is 5.82 Å². The molecule has 18 heavy (non-hydrogen) atoms. The van der Waals surface area contributed by atoms with E-state index in [1.165, 1.54) is 0 Å². The van der Waals surface area contributed by atoms with Gasteiger partial charge in [0.2, 0.25) is 0 Å². The molecule has 4 atom stereocenters. The third kappa shape index (κ3) is 1.72. The largest absolute Gasteiger partial charge is 0.374 e. The maximum Gasteiger partial charge on any atom is 0.177 e. The molecule has 0 aliphatic carbocycles. The summed E-state index contributed by atoms with van der Waals surface area (Å²) in [7, 11) is 0. The summed E-state index contributed by atoms with van der Waals surface area (Å²) in [5.41, 5.74) is 2.82. The Kier molecular flexibility index (Phi) is 2.63. The predicted octanol–water partition coefficient (Wildman–Crippen LogP) is 2.79. The fraction of sp³-hybridized carbons (Fsp3) is 0.571. The number of aromatic amines is 1. The first kappa shape index (κ1) is 11.7. The number of aryl methyl sites for hydroxylation is 1. The molecule has 1 fully saturated rings. The summed E-state index contributed by atoms with van der Waals surface area (Å²) in [5.74, 6) is 1.81. The smallest absolute Gasteiger partial charge is 0.177 e. The SMILES string of the molecule is Cc1ccc2[nH]c(C3C(C)OC(C)C3C)nc2n1. The lowest BCUT2D eigenvalue weighted by molar-refractivity contribution is 0.0554. The van der Waals surface area contributed by atoms with E-state index in [1.54, 1.807) is 0 Å². The molecule has 2 aromatic heterocycles. The summed E-state index contributed by atoms with van der Waals surface area (Å²) >= 11 is 0. The molecule has 96 valence electrons. The van der Waals surface area contributed by atoms with Crippen LogP contribution < -0.4 is 0 Å². The second kappa shape index (κ2) is 4.05. The van der Waals surface area contributed by atoms with Crippen LogP contribution in [0.3, 0.4) is 0 Å². The number of fused-ring (bicyclic) bond motifs is 1. The van der Waals surface area contributed by atoms with Crippen molar-refractivity contribution in [2.75, 3.05) is 0 Å². The van der Waals surface area contributed by atoms with Crippen LogP contribution in [-0.4, -0.2) is 27.2 Å². The van der Waals surface area contributed by atoms with Crippen LogP contribution in [0.15, 0.2) is 12.1 Å². The van der Waals surface area contributed by atoms with Crippen molar-refractivity contribution in [1.82, 2.24) is 15.0 Å². The first-order valence-electron chi connectivity index (χ1n) is 6.55. The molecule has 1 N–H and O–H groups in total. The third-order valence-electron chi connectivity index (χ3n) is 4.06. The highest BCUT2D eigenvalue weighted by Gasteiger charge is 2.39. The average molecular weight is 245 g/mol. The number of imidazole rings is 1. The van der Waals surface area contributed by atoms with Gasteiger partial charge in [-0.25, -0.2) is 9.97 Å². The number of aromatic nitrogens is 3. The Bertz CT molecular complexity index is 577. The molecule has 4 heteroatoms. The normalized spacial score (nSPS) is 32.2. The molecule has 0 saturated carbocycles. The highest BCUT2D eigenvalue weighted by Crippen LogP contribution is 2.38. The van der Waals surface area contributed by atoms with Gasteiger partial charge in [0, 0.05) is 11.6 Å². The quantitative estimate of drug-likeness (QED) is 0.840. The zero-order chi connectivity index (χ0) is 12.9. The third-order valence-corrected chi connectivity index (χ3v) is 4.06. The molecule has 0 bridgehead atoms. The van der Waals surface area contributed by atoms with E-state index in [9.17, 15) is 0 Å². The maximum absolute atomic E-state index is 5.88. The molecule has 1 aliphatic heterocycles. The van der Waals surface area contributed by atoms with E-state index in [2.05, 4.69) is 35.7 Å². The van der Waals surface area contributed by atoms with E-state index in [0.717, 1.165) is 22.7 Å². The van der Waals surface area contributed by atoms with Crippen molar-refractivity contribution >= 4 is 11.2 Å². The fourth-order valence-corrected chi connectivity index (χ4v) is 2.90. The second-order valence-corrected chi connectivity index (χ2v) is 5.38. The molecule has 0 aromatic carbocycles. The number of nitrogens with one attached hydrogen (secondary N) is 1. The van der Waals surface area contributed by atoms with Gasteiger partial charge >= 0.3 is 0 Å². The van der Waals surface area contributed by atoms with Gasteiger partial charge in [-0.05, 0) is 38.8 Å². The van der Waals surface area contributed by atoms with Crippen LogP contribution in [0.2, 0.25) is 0 Å². The lowest BCUT2D eigenvalue weighted by Gasteiger charge is -2.15. The second-order valence-electron chi connectivity index (χ2n) is 5.38. The van der Waals surface area contributed by atoms with Gasteiger partial charge in [0.05, 0.1) is 17.7 Å². The summed E-state index contributed by atoms with van der Waals surface area (Å²) in [5, 5.41) is 0. The minimum atomic E-state index is 0.205. The van der Waals surface area contributed by atoms with E-state index in [-0.39, 0.29) is 12.2 Å². The Balaban J connectivity index is 2.04. The van der Waals surface area contributed by atoms with Gasteiger partial charge in [-0.15, -0.1) is 0 Å². The molecule has 0 spiro atoms. The number of rotatable bonds is 1. The highest BCUT2D eigenvalue weighted by atomic mass is 16.5. The lowest BCUT2D eigenvalue weighted by atomic mass is 9.89. The van der Waals surface area contributed by atoms with Crippen LogP contribution in [0.1, 0.15) is 38.2 Å². The van der Waals surface area contributed by atoms with Gasteiger partial charge < -0.3 is 9.72 Å². The number of H-pyrrole nitrogens is 1. The van der Waals surface area contributed by atoms with Crippen molar-refractivity contribution in [2.45, 2.75) is 45.8 Å². The molecular weight excluding hydrogens is 226 g/mol. The van der Waals surface area contributed by atoms with Crippen molar-refractivity contribution in [1.29, 1.82) is 0 Å². The van der Waals surface area contributed by atoms with Crippen molar-refractivity contribution in [3.8, 4) is 0 Å². The Morgan fingerprint density at radius 1 is 1.11 bits per heavy atom. The number of hydrogen-bond donors (Lipinski definition) is 1. The number of pyridine rings is 1. The van der Waals surface area contributed by atoms with E-state index >= 15 is 0 Å². The standard InChI is InChI=1S/C14H19N3O/c1-7-5-6-11-13(15-7)17-14(16-11)12-8(2)9(3)18-10(12)4/h5-6,8-10,12H,1-4H3,(H,15,16,17). The molecule has 1 aliphatic rings. The maximum atomic E-state index is 5.88. The monoisotopic (exact) mass is 245 g/mol. The first-order valence-corrected chi connectivity index (χ1v) is 6.55. The fourth-order valence-electron chi connectivity index (χ4n) is 2.90. The average Bonchev–Trinajstić information content (AvgIpc) is 2.80. The van der Waals surface area contributed by atoms with Crippen LogP contribution in [0.25, 0.3) is 11.2 Å². The lowest BCUT2D eigenvalue weighted by Crippen LogP contribution is -2.16. The summed E-state index contributed by atoms with van der Waals surface area (Å²) in [6.45, 7) is 8.47. The van der Waals surface area contributed by atoms with Gasteiger partial charge in [-0.2, -0.15) is 0 Å². The van der Waals surface area contributed by atoms with E-state index in [1.807, 2.05) is 19.1 Å². The predicted molar refractivity (Wildman–Crippen MR) is 70.5 cm³/mol. The Morgan fingerprint density at radius 2 is 1.89 bits per heavy atom. The van der Waals surface area contributed by atoms with Gasteiger partial charge in [0.15, 0.2) is 5.65 Å². The Morgan fingerprint density at radius 3 is 2.56 bits per heavy atom. The topological polar surface area (TPSA) is 50.8 Å². The summed E-state index contributed by atoms with van der Waals surface area (Å²) in [4.78, 5) is 12.5. The Hall–Kier alpha value is -1.42. The zero-order valence-corrected chi connectivity index (χ0v) is 11.3. The molecule has 0 radical (unpaired) electrons. The Labute approximate surface area is 107 Å². The van der Waals surface area contributed by atoms with Crippen LogP contribution in [0, 0.1) is 12.8 Å². The van der Waals surface area contributed by atoms with Crippen LogP contribution >= 0.6 is 0 Å². The minimum Gasteiger partial charge on any atom is -0.374 e. The zero-order valence-electron chi connectivity index (χ0n) is 11.3. The summed E-state index contributed by atoms with van der Waals surface area (Å²) in [6.07, 6.45) is 0.490. The van der Waals surface area contributed by atoms with Gasteiger partial charge in [-0.1, -0.05) is 6.92 Å². The molecule has 4 nitrogen and oxygen atoms in total. The molecule has 3 rings (SSSR count). The molecule has 3 heterocycles. The summed E-state index contributed by atoms with van der Waals surface area (Å²) < 4.78 is 5.88. The molecule has 4 unspecified atom stereocenters. The molecule has 1 saturated heterocycles. The van der Waals surface area contributed by atoms with Crippen LogP contribution in [0.5, 0.6) is 0 Å². The van der Waals surface area contributed by atoms with Crippen molar-refractivity contribution in [3.05, 3.63) is 23.7 Å². The van der Waals surface area contributed by atoms with Crippen molar-refractivity contribution in [2.24, 2.45) is 5.92 Å². The van der Waals surface area contributed by atoms with Gasteiger partial charge in [-0.3, -0.25) is 0 Å². The van der Waals surface area contributed by atoms with Gasteiger partial charge in [0.25, 0.3) is 0 Å². The highest BCUT2D eigenvalue weighted by molar-refractivity contribution is 5.70. The van der Waals surface area contributed by atoms with E-state index in [4.69, 9.17) is 4.74 Å². The van der Waals surface area contributed by atoms with Crippen molar-refractivity contribution < 1.29 is 4.74 Å². The number of hydrogen-bond acceptors (Lipinski definition) is 3. The first-order chi connectivity index (χ1) is 8.56. The number of nitrogens with zero attached hydrogens (tertiary/aromatic N) is 2. The number of ether oxygens (including phenoxy) is 1. The molecule has 2 aromatic rings. The van der Waals surface area contributed by atoms with E-state index in [0.29, 0.717) is 11.8 Å². The molecular formula is C14H19N3O. The minimum absolute atomic E-state index is 0.205. The summed E-state index contributed by atoms with van der Waals surface area (Å²) in [6, 6.07) is 4.05. The molecule has 0 amide bonds. The van der Waals surface area contributed by atoms with Crippen molar-refractivity contribution in [3.63, 3.8) is 0 Å². The van der Waals surface area contributed by atoms with Crippen LogP contribution in [0.4, 0.5) is 0 Å². The van der Waals surface area contributed by atoms with E-state index < -0.39 is 0 Å². The van der Waals surface area contributed by atoms with Crippen LogP contribution in [-0.2, 0) is 4.74 Å².